The summed E-state index contributed by atoms with van der Waals surface area (Å²) >= 11 is 7.05. The molecule has 23 heavy (non-hydrogen) atoms. The lowest BCUT2D eigenvalue weighted by Crippen LogP contribution is -2.18. The Morgan fingerprint density at radius 2 is 1.83 bits per heavy atom. The number of hydrogen-bond donors (Lipinski definition) is 1. The van der Waals surface area contributed by atoms with Crippen LogP contribution < -0.4 is 5.32 Å². The van der Waals surface area contributed by atoms with E-state index < -0.39 is 0 Å². The number of nitrogens with one attached hydrogen (secondary N) is 1. The molecule has 0 radical (unpaired) electrons. The van der Waals surface area contributed by atoms with Gasteiger partial charge in [-0.1, -0.05) is 50.1 Å². The molecule has 5 heteroatoms. The van der Waals surface area contributed by atoms with Crippen molar-refractivity contribution >= 4 is 31.9 Å². The molecule has 0 aliphatic heterocycles. The van der Waals surface area contributed by atoms with E-state index in [1.165, 1.54) is 5.56 Å². The van der Waals surface area contributed by atoms with E-state index in [2.05, 4.69) is 73.6 Å². The fourth-order valence-corrected chi connectivity index (χ4v) is 3.29. The van der Waals surface area contributed by atoms with Gasteiger partial charge in [-0.3, -0.25) is 0 Å². The van der Waals surface area contributed by atoms with Crippen molar-refractivity contribution in [3.05, 3.63) is 81.0 Å². The Bertz CT molecular complexity index is 781. The van der Waals surface area contributed by atoms with Gasteiger partial charge in [0.05, 0.1) is 11.9 Å². The Balaban J connectivity index is 1.65. The highest BCUT2D eigenvalue weighted by atomic mass is 79.9. The molecule has 0 amide bonds. The Hall–Kier alpha value is -1.43. The lowest BCUT2D eigenvalue weighted by molar-refractivity contribution is 0.573. The van der Waals surface area contributed by atoms with Gasteiger partial charge in [-0.15, -0.1) is 0 Å². The van der Waals surface area contributed by atoms with Crippen molar-refractivity contribution in [3.63, 3.8) is 0 Å². The van der Waals surface area contributed by atoms with E-state index in [0.29, 0.717) is 0 Å². The van der Waals surface area contributed by atoms with E-state index >= 15 is 0 Å². The molecule has 3 aromatic rings. The molecule has 1 aromatic heterocycles. The third kappa shape index (κ3) is 4.10. The minimum Gasteiger partial charge on any atom is -0.306 e. The van der Waals surface area contributed by atoms with Crippen LogP contribution in [0.2, 0.25) is 0 Å². The molecule has 3 rings (SSSR count). The number of nitrogens with zero attached hydrogens (tertiary/aromatic N) is 2. The minimum absolute atomic E-state index is 0.265. The Morgan fingerprint density at radius 1 is 1.09 bits per heavy atom. The van der Waals surface area contributed by atoms with Crippen LogP contribution in [0.4, 0.5) is 0 Å². The highest BCUT2D eigenvalue weighted by Gasteiger charge is 2.09. The fraction of sp³-hybridized carbons (Fsp3) is 0.167. The zero-order valence-corrected chi connectivity index (χ0v) is 15.9. The minimum atomic E-state index is 0.265. The topological polar surface area (TPSA) is 29.9 Å². The first-order valence-electron chi connectivity index (χ1n) is 7.41. The normalized spacial score (nSPS) is 12.3. The summed E-state index contributed by atoms with van der Waals surface area (Å²) in [6.45, 7) is 2.94. The summed E-state index contributed by atoms with van der Waals surface area (Å²) in [6.07, 6.45) is 3.96. The van der Waals surface area contributed by atoms with Crippen molar-refractivity contribution in [2.75, 3.05) is 0 Å². The van der Waals surface area contributed by atoms with Gasteiger partial charge in [0.15, 0.2) is 0 Å². The summed E-state index contributed by atoms with van der Waals surface area (Å²) in [5.41, 5.74) is 3.47. The van der Waals surface area contributed by atoms with E-state index in [0.717, 1.165) is 26.7 Å². The van der Waals surface area contributed by atoms with E-state index in [9.17, 15) is 0 Å². The molecular weight excluding hydrogens is 418 g/mol. The molecular formula is C18H17Br2N3. The van der Waals surface area contributed by atoms with Gasteiger partial charge in [0.25, 0.3) is 0 Å². The maximum Gasteiger partial charge on any atom is 0.0646 e. The van der Waals surface area contributed by atoms with Crippen LogP contribution in [-0.4, -0.2) is 9.78 Å². The molecule has 0 bridgehead atoms. The molecule has 1 atom stereocenters. The first-order valence-corrected chi connectivity index (χ1v) is 8.99. The van der Waals surface area contributed by atoms with Crippen LogP contribution in [-0.2, 0) is 6.54 Å². The van der Waals surface area contributed by atoms with Gasteiger partial charge in [-0.25, -0.2) is 4.68 Å². The molecule has 0 saturated carbocycles. The predicted octanol–water partition coefficient (Wildman–Crippen LogP) is 5.25. The van der Waals surface area contributed by atoms with Crippen molar-refractivity contribution in [1.29, 1.82) is 0 Å². The second-order valence-electron chi connectivity index (χ2n) is 5.39. The summed E-state index contributed by atoms with van der Waals surface area (Å²) in [6, 6.07) is 16.7. The van der Waals surface area contributed by atoms with Crippen LogP contribution in [0.5, 0.6) is 0 Å². The van der Waals surface area contributed by atoms with Crippen LogP contribution in [0.1, 0.15) is 24.1 Å². The summed E-state index contributed by atoms with van der Waals surface area (Å²) < 4.78 is 4.09. The van der Waals surface area contributed by atoms with Crippen LogP contribution >= 0.6 is 31.9 Å². The lowest BCUT2D eigenvalue weighted by Gasteiger charge is -2.15. The maximum absolute atomic E-state index is 4.44. The van der Waals surface area contributed by atoms with Crippen LogP contribution in [0.25, 0.3) is 5.69 Å². The molecule has 0 saturated heterocycles. The van der Waals surface area contributed by atoms with Crippen molar-refractivity contribution < 1.29 is 0 Å². The van der Waals surface area contributed by atoms with Crippen LogP contribution in [0.15, 0.2) is 69.9 Å². The average molecular weight is 435 g/mol. The average Bonchev–Trinajstić information content (AvgIpc) is 3.03. The molecule has 1 heterocycles. The number of hydrogen-bond acceptors (Lipinski definition) is 2. The molecule has 3 nitrogen and oxygen atoms in total. The van der Waals surface area contributed by atoms with Gasteiger partial charge in [0.1, 0.15) is 0 Å². The maximum atomic E-state index is 4.44. The number of halogens is 2. The molecule has 2 aromatic carbocycles. The standard InChI is InChI=1S/C18H17Br2N3/c1-13(17-4-2-3-5-18(17)20)21-10-14-11-22-23(12-14)16-8-6-15(19)7-9-16/h2-9,11-13,21H,10H2,1H3. The zero-order valence-electron chi connectivity index (χ0n) is 12.7. The predicted molar refractivity (Wildman–Crippen MR) is 101 cm³/mol. The van der Waals surface area contributed by atoms with Crippen LogP contribution in [0.3, 0.4) is 0 Å². The van der Waals surface area contributed by atoms with E-state index in [1.54, 1.807) is 0 Å². The van der Waals surface area contributed by atoms with E-state index in [-0.39, 0.29) is 6.04 Å². The number of rotatable bonds is 5. The molecule has 0 aliphatic rings. The largest absolute Gasteiger partial charge is 0.306 e. The van der Waals surface area contributed by atoms with Gasteiger partial charge in [-0.2, -0.15) is 5.10 Å². The highest BCUT2D eigenvalue weighted by molar-refractivity contribution is 9.10. The summed E-state index contributed by atoms with van der Waals surface area (Å²) in [7, 11) is 0. The van der Waals surface area contributed by atoms with Gasteiger partial charge >= 0.3 is 0 Å². The monoisotopic (exact) mass is 433 g/mol. The fourth-order valence-electron chi connectivity index (χ4n) is 2.39. The van der Waals surface area contributed by atoms with Crippen molar-refractivity contribution in [2.24, 2.45) is 0 Å². The molecule has 118 valence electrons. The second kappa shape index (κ2) is 7.43. The van der Waals surface area contributed by atoms with Gasteiger partial charge in [0, 0.05) is 33.3 Å². The molecule has 1 unspecified atom stereocenters. The van der Waals surface area contributed by atoms with Crippen molar-refractivity contribution in [1.82, 2.24) is 15.1 Å². The smallest absolute Gasteiger partial charge is 0.0646 e. The molecule has 0 spiro atoms. The quantitative estimate of drug-likeness (QED) is 0.594. The van der Waals surface area contributed by atoms with Crippen molar-refractivity contribution in [2.45, 2.75) is 19.5 Å². The SMILES string of the molecule is CC(NCc1cnn(-c2ccc(Br)cc2)c1)c1ccccc1Br. The Kier molecular flexibility index (Phi) is 5.30. The first kappa shape index (κ1) is 16.4. The Morgan fingerprint density at radius 3 is 2.57 bits per heavy atom. The summed E-state index contributed by atoms with van der Waals surface area (Å²) in [5, 5.41) is 7.98. The third-order valence-corrected chi connectivity index (χ3v) is 4.96. The lowest BCUT2D eigenvalue weighted by atomic mass is 10.1. The van der Waals surface area contributed by atoms with Crippen molar-refractivity contribution in [3.8, 4) is 5.69 Å². The second-order valence-corrected chi connectivity index (χ2v) is 7.16. The molecule has 0 aliphatic carbocycles. The Labute approximate surface area is 153 Å². The first-order chi connectivity index (χ1) is 11.1. The third-order valence-electron chi connectivity index (χ3n) is 3.71. The van der Waals surface area contributed by atoms with Crippen LogP contribution in [0, 0.1) is 0 Å². The molecule has 1 N–H and O–H groups in total. The number of benzene rings is 2. The van der Waals surface area contributed by atoms with Gasteiger partial charge < -0.3 is 5.32 Å². The van der Waals surface area contributed by atoms with E-state index in [4.69, 9.17) is 0 Å². The molecule has 0 fully saturated rings. The summed E-state index contributed by atoms with van der Waals surface area (Å²) in [4.78, 5) is 0. The number of aromatic nitrogens is 2. The summed E-state index contributed by atoms with van der Waals surface area (Å²) in [5.74, 6) is 0. The zero-order chi connectivity index (χ0) is 16.2. The van der Waals surface area contributed by atoms with Gasteiger partial charge in [-0.05, 0) is 42.8 Å². The van der Waals surface area contributed by atoms with E-state index in [1.807, 2.05) is 41.2 Å². The highest BCUT2D eigenvalue weighted by Crippen LogP contribution is 2.23. The van der Waals surface area contributed by atoms with Gasteiger partial charge in [0.2, 0.25) is 0 Å².